The maximum Gasteiger partial charge on any atom is 0.139 e. The van der Waals surface area contributed by atoms with Crippen molar-refractivity contribution in [2.24, 2.45) is 0 Å². The van der Waals surface area contributed by atoms with Gasteiger partial charge in [0.05, 0.1) is 16.7 Å². The first-order valence-electron chi connectivity index (χ1n) is 5.57. The molecule has 1 rings (SSSR count). The van der Waals surface area contributed by atoms with Gasteiger partial charge in [-0.1, -0.05) is 23.2 Å². The van der Waals surface area contributed by atoms with E-state index in [4.69, 9.17) is 27.9 Å². The highest BCUT2D eigenvalue weighted by Crippen LogP contribution is 2.34. The highest BCUT2D eigenvalue weighted by molar-refractivity contribution is 9.10. The normalized spacial score (nSPS) is 10.6. The largest absolute Gasteiger partial charge is 0.492 e. The Hall–Kier alpha value is 0.0400. The monoisotopic (exact) mass is 339 g/mol. The third-order valence-corrected chi connectivity index (χ3v) is 3.80. The van der Waals surface area contributed by atoms with Crippen LogP contribution in [0, 0.1) is 0 Å². The van der Waals surface area contributed by atoms with Crippen LogP contribution in [0.3, 0.4) is 0 Å². The lowest BCUT2D eigenvalue weighted by molar-refractivity contribution is 0.305. The summed E-state index contributed by atoms with van der Waals surface area (Å²) in [7, 11) is 1.96. The van der Waals surface area contributed by atoms with Crippen molar-refractivity contribution >= 4 is 39.1 Å². The molecule has 0 aromatic heterocycles. The van der Waals surface area contributed by atoms with Crippen LogP contribution in [0.15, 0.2) is 16.6 Å². The van der Waals surface area contributed by atoms with Crippen LogP contribution < -0.4 is 10.1 Å². The average molecular weight is 341 g/mol. The minimum atomic E-state index is 0.580. The Morgan fingerprint density at radius 3 is 2.65 bits per heavy atom. The zero-order valence-corrected chi connectivity index (χ0v) is 12.8. The quantitative estimate of drug-likeness (QED) is 0.581. The molecule has 0 spiro atoms. The topological polar surface area (TPSA) is 21.3 Å². The predicted octanol–water partition coefficient (Wildman–Crippen LogP) is 4.52. The molecule has 96 valence electrons. The minimum absolute atomic E-state index is 0.580. The Morgan fingerprint density at radius 2 is 1.94 bits per heavy atom. The van der Waals surface area contributed by atoms with Crippen LogP contribution in [-0.4, -0.2) is 20.2 Å². The van der Waals surface area contributed by atoms with Crippen LogP contribution in [0.4, 0.5) is 0 Å². The lowest BCUT2D eigenvalue weighted by atomic mass is 10.2. The minimum Gasteiger partial charge on any atom is -0.492 e. The molecular formula is C12H16BrCl2NO. The summed E-state index contributed by atoms with van der Waals surface area (Å²) in [4.78, 5) is 0. The fraction of sp³-hybridized carbons (Fsp3) is 0.500. The zero-order valence-electron chi connectivity index (χ0n) is 9.73. The Labute approximate surface area is 121 Å². The van der Waals surface area contributed by atoms with E-state index in [-0.39, 0.29) is 0 Å². The Balaban J connectivity index is 2.34. The summed E-state index contributed by atoms with van der Waals surface area (Å²) in [5.41, 5.74) is 0. The van der Waals surface area contributed by atoms with Crippen molar-refractivity contribution in [3.63, 3.8) is 0 Å². The number of hydrogen-bond donors (Lipinski definition) is 1. The predicted molar refractivity (Wildman–Crippen MR) is 77.4 cm³/mol. The summed E-state index contributed by atoms with van der Waals surface area (Å²) in [5, 5.41) is 4.31. The molecule has 0 aliphatic carbocycles. The molecule has 0 aliphatic rings. The molecule has 1 aromatic carbocycles. The second kappa shape index (κ2) is 8.20. The standard InChI is InChI=1S/C12H16BrCl2NO/c1-16-5-3-2-4-6-17-12-8-10(14)9(13)7-11(12)15/h7-8,16H,2-6H2,1H3. The van der Waals surface area contributed by atoms with Crippen molar-refractivity contribution < 1.29 is 4.74 Å². The molecule has 0 amide bonds. The van der Waals surface area contributed by atoms with E-state index >= 15 is 0 Å². The molecule has 0 bridgehead atoms. The van der Waals surface area contributed by atoms with Crippen molar-refractivity contribution in [1.29, 1.82) is 0 Å². The fourth-order valence-corrected chi connectivity index (χ4v) is 2.22. The summed E-state index contributed by atoms with van der Waals surface area (Å²) in [5.74, 6) is 0.647. The molecule has 0 fully saturated rings. The molecule has 5 heteroatoms. The lowest BCUT2D eigenvalue weighted by Gasteiger charge is -2.09. The van der Waals surface area contributed by atoms with Crippen LogP contribution in [0.2, 0.25) is 10.0 Å². The average Bonchev–Trinajstić information content (AvgIpc) is 2.30. The summed E-state index contributed by atoms with van der Waals surface area (Å²) < 4.78 is 6.38. The van der Waals surface area contributed by atoms with E-state index in [9.17, 15) is 0 Å². The molecule has 0 radical (unpaired) electrons. The van der Waals surface area contributed by atoms with Crippen LogP contribution in [-0.2, 0) is 0 Å². The van der Waals surface area contributed by atoms with E-state index in [1.165, 1.54) is 0 Å². The Bertz CT molecular complexity index is 361. The number of ether oxygens (including phenoxy) is 1. The third-order valence-electron chi connectivity index (χ3n) is 2.30. The summed E-state index contributed by atoms with van der Waals surface area (Å²) in [6, 6.07) is 3.49. The van der Waals surface area contributed by atoms with Gasteiger partial charge in [-0.15, -0.1) is 0 Å². The maximum atomic E-state index is 6.04. The van der Waals surface area contributed by atoms with Gasteiger partial charge in [0, 0.05) is 10.5 Å². The van der Waals surface area contributed by atoms with Crippen LogP contribution in [0.25, 0.3) is 0 Å². The number of rotatable bonds is 7. The van der Waals surface area contributed by atoms with Gasteiger partial charge < -0.3 is 10.1 Å². The molecule has 17 heavy (non-hydrogen) atoms. The third kappa shape index (κ3) is 5.47. The van der Waals surface area contributed by atoms with Gasteiger partial charge in [-0.25, -0.2) is 0 Å². The second-order valence-corrected chi connectivity index (χ2v) is 5.38. The number of benzene rings is 1. The van der Waals surface area contributed by atoms with Crippen molar-refractivity contribution in [2.75, 3.05) is 20.2 Å². The SMILES string of the molecule is CNCCCCCOc1cc(Cl)c(Br)cc1Cl. The number of nitrogens with one attached hydrogen (secondary N) is 1. The van der Waals surface area contributed by atoms with Gasteiger partial charge in [-0.3, -0.25) is 0 Å². The first-order valence-corrected chi connectivity index (χ1v) is 7.12. The van der Waals surface area contributed by atoms with Gasteiger partial charge in [0.2, 0.25) is 0 Å². The molecule has 0 saturated carbocycles. The smallest absolute Gasteiger partial charge is 0.139 e. The van der Waals surface area contributed by atoms with E-state index in [0.717, 1.165) is 30.3 Å². The molecule has 2 nitrogen and oxygen atoms in total. The molecule has 0 atom stereocenters. The Kier molecular flexibility index (Phi) is 7.28. The van der Waals surface area contributed by atoms with Crippen molar-refractivity contribution in [2.45, 2.75) is 19.3 Å². The van der Waals surface area contributed by atoms with Crippen LogP contribution in [0.1, 0.15) is 19.3 Å². The first kappa shape index (κ1) is 15.1. The van der Waals surface area contributed by atoms with E-state index in [1.807, 2.05) is 7.05 Å². The highest BCUT2D eigenvalue weighted by Gasteiger charge is 2.06. The van der Waals surface area contributed by atoms with Gasteiger partial charge in [0.25, 0.3) is 0 Å². The Morgan fingerprint density at radius 1 is 1.18 bits per heavy atom. The molecule has 0 aliphatic heterocycles. The van der Waals surface area contributed by atoms with Gasteiger partial charge in [-0.2, -0.15) is 0 Å². The molecule has 1 aromatic rings. The first-order chi connectivity index (χ1) is 8.15. The van der Waals surface area contributed by atoms with Gasteiger partial charge in [-0.05, 0) is 54.9 Å². The summed E-state index contributed by atoms with van der Waals surface area (Å²) in [6.07, 6.45) is 3.32. The lowest BCUT2D eigenvalue weighted by Crippen LogP contribution is -2.08. The van der Waals surface area contributed by atoms with E-state index in [0.29, 0.717) is 22.4 Å². The maximum absolute atomic E-state index is 6.04. The van der Waals surface area contributed by atoms with E-state index < -0.39 is 0 Å². The fourth-order valence-electron chi connectivity index (χ4n) is 1.38. The zero-order chi connectivity index (χ0) is 12.7. The van der Waals surface area contributed by atoms with Crippen LogP contribution in [0.5, 0.6) is 5.75 Å². The molecule has 1 N–H and O–H groups in total. The number of hydrogen-bond acceptors (Lipinski definition) is 2. The second-order valence-electron chi connectivity index (χ2n) is 3.71. The van der Waals surface area contributed by atoms with Crippen molar-refractivity contribution in [3.8, 4) is 5.75 Å². The van der Waals surface area contributed by atoms with E-state index in [1.54, 1.807) is 12.1 Å². The van der Waals surface area contributed by atoms with E-state index in [2.05, 4.69) is 21.2 Å². The van der Waals surface area contributed by atoms with Crippen LogP contribution >= 0.6 is 39.1 Å². The van der Waals surface area contributed by atoms with Crippen molar-refractivity contribution in [3.05, 3.63) is 26.7 Å². The van der Waals surface area contributed by atoms with Crippen molar-refractivity contribution in [1.82, 2.24) is 5.32 Å². The van der Waals surface area contributed by atoms with Gasteiger partial charge in [0.15, 0.2) is 0 Å². The summed E-state index contributed by atoms with van der Waals surface area (Å²) >= 11 is 15.3. The highest BCUT2D eigenvalue weighted by atomic mass is 79.9. The van der Waals surface area contributed by atoms with Gasteiger partial charge in [0.1, 0.15) is 5.75 Å². The number of halogens is 3. The molecule has 0 unspecified atom stereocenters. The molecule has 0 saturated heterocycles. The molecule has 0 heterocycles. The molecular weight excluding hydrogens is 325 g/mol. The number of unbranched alkanes of at least 4 members (excludes halogenated alkanes) is 2. The van der Waals surface area contributed by atoms with Gasteiger partial charge >= 0.3 is 0 Å². The summed E-state index contributed by atoms with van der Waals surface area (Å²) in [6.45, 7) is 1.71.